The van der Waals surface area contributed by atoms with Crippen molar-refractivity contribution in [2.45, 2.75) is 39.7 Å². The maximum absolute atomic E-state index is 13.9. The van der Waals surface area contributed by atoms with Crippen molar-refractivity contribution in [3.8, 4) is 0 Å². The predicted molar refractivity (Wildman–Crippen MR) is 113 cm³/mol. The summed E-state index contributed by atoms with van der Waals surface area (Å²) in [5.74, 6) is -1.05. The zero-order valence-electron chi connectivity index (χ0n) is 17.1. The van der Waals surface area contributed by atoms with Gasteiger partial charge in [0.15, 0.2) is 0 Å². The van der Waals surface area contributed by atoms with E-state index in [4.69, 9.17) is 4.74 Å². The monoisotopic (exact) mass is 431 g/mol. The first-order valence-electron chi connectivity index (χ1n) is 9.96. The minimum absolute atomic E-state index is 0.175. The number of ether oxygens (including phenoxy) is 1. The molecule has 1 aromatic carbocycles. The van der Waals surface area contributed by atoms with Crippen molar-refractivity contribution >= 4 is 33.3 Å². The normalized spacial score (nSPS) is 16.1. The van der Waals surface area contributed by atoms with Crippen molar-refractivity contribution in [2.24, 2.45) is 5.92 Å². The summed E-state index contributed by atoms with van der Waals surface area (Å²) >= 11 is 1.66. The second-order valence-corrected chi connectivity index (χ2v) is 8.87. The molecule has 1 aliphatic heterocycles. The van der Waals surface area contributed by atoms with Crippen LogP contribution in [-0.4, -0.2) is 29.0 Å². The van der Waals surface area contributed by atoms with Crippen LogP contribution in [0.5, 0.6) is 0 Å². The smallest absolute Gasteiger partial charge is 0.309 e. The number of anilines is 1. The number of thiophene rings is 1. The molecule has 0 N–H and O–H groups in total. The Morgan fingerprint density at radius 1 is 1.23 bits per heavy atom. The second-order valence-electron chi connectivity index (χ2n) is 7.67. The van der Waals surface area contributed by atoms with Gasteiger partial charge in [-0.15, -0.1) is 11.3 Å². The molecule has 158 valence electrons. The SMILES string of the molecule is Cc1sc2ncnc(N3CCC(C(=O)OC(C)c4ccc(F)cc4F)CC3)c2c1C. The Bertz CT molecular complexity index is 1090. The highest BCUT2D eigenvalue weighted by Crippen LogP contribution is 2.36. The van der Waals surface area contributed by atoms with E-state index in [0.717, 1.165) is 28.2 Å². The molecule has 1 atom stereocenters. The lowest BCUT2D eigenvalue weighted by Crippen LogP contribution is -2.37. The minimum atomic E-state index is -0.769. The Labute approximate surface area is 177 Å². The third-order valence-electron chi connectivity index (χ3n) is 5.77. The summed E-state index contributed by atoms with van der Waals surface area (Å²) in [5.41, 5.74) is 1.37. The van der Waals surface area contributed by atoms with E-state index in [0.29, 0.717) is 25.9 Å². The summed E-state index contributed by atoms with van der Waals surface area (Å²) in [5, 5.41) is 1.08. The number of aromatic nitrogens is 2. The maximum atomic E-state index is 13.9. The number of halogens is 2. The number of fused-ring (bicyclic) bond motifs is 1. The van der Waals surface area contributed by atoms with Gasteiger partial charge in [-0.05, 0) is 51.3 Å². The van der Waals surface area contributed by atoms with Crippen molar-refractivity contribution in [3.05, 3.63) is 52.2 Å². The molecular weight excluding hydrogens is 408 g/mol. The van der Waals surface area contributed by atoms with Gasteiger partial charge in [-0.3, -0.25) is 4.79 Å². The zero-order chi connectivity index (χ0) is 21.4. The molecule has 0 radical (unpaired) electrons. The fraction of sp³-hybridized carbons (Fsp3) is 0.409. The van der Waals surface area contributed by atoms with Gasteiger partial charge < -0.3 is 9.64 Å². The van der Waals surface area contributed by atoms with E-state index in [2.05, 4.69) is 28.7 Å². The van der Waals surface area contributed by atoms with E-state index in [1.54, 1.807) is 24.6 Å². The molecule has 1 unspecified atom stereocenters. The van der Waals surface area contributed by atoms with E-state index in [9.17, 15) is 13.6 Å². The molecule has 5 nitrogen and oxygen atoms in total. The Hall–Kier alpha value is -2.61. The van der Waals surface area contributed by atoms with Crippen LogP contribution >= 0.6 is 11.3 Å². The Kier molecular flexibility index (Phi) is 5.69. The largest absolute Gasteiger partial charge is 0.457 e. The van der Waals surface area contributed by atoms with Crippen LogP contribution in [0.25, 0.3) is 10.2 Å². The van der Waals surface area contributed by atoms with Gasteiger partial charge in [0.2, 0.25) is 0 Å². The molecule has 30 heavy (non-hydrogen) atoms. The molecule has 1 fully saturated rings. The number of carbonyl (C=O) groups is 1. The topological polar surface area (TPSA) is 55.3 Å². The lowest BCUT2D eigenvalue weighted by Gasteiger charge is -2.32. The lowest BCUT2D eigenvalue weighted by atomic mass is 9.96. The molecule has 0 amide bonds. The number of hydrogen-bond donors (Lipinski definition) is 0. The fourth-order valence-corrected chi connectivity index (χ4v) is 4.89. The quantitative estimate of drug-likeness (QED) is 0.538. The molecule has 0 spiro atoms. The molecule has 0 aliphatic carbocycles. The molecular formula is C22H23F2N3O2S. The highest BCUT2D eigenvalue weighted by Gasteiger charge is 2.30. The van der Waals surface area contributed by atoms with Gasteiger partial charge in [-0.1, -0.05) is 0 Å². The van der Waals surface area contributed by atoms with Crippen LogP contribution in [0.2, 0.25) is 0 Å². The first kappa shape index (κ1) is 20.7. The highest BCUT2D eigenvalue weighted by atomic mass is 32.1. The molecule has 1 saturated heterocycles. The van der Waals surface area contributed by atoms with Gasteiger partial charge in [0, 0.05) is 29.6 Å². The summed E-state index contributed by atoms with van der Waals surface area (Å²) in [4.78, 5) is 25.9. The van der Waals surface area contributed by atoms with Gasteiger partial charge in [-0.2, -0.15) is 0 Å². The van der Waals surface area contributed by atoms with Crippen LogP contribution < -0.4 is 4.90 Å². The van der Waals surface area contributed by atoms with Crippen LogP contribution in [0.4, 0.5) is 14.6 Å². The van der Waals surface area contributed by atoms with E-state index < -0.39 is 17.7 Å². The zero-order valence-corrected chi connectivity index (χ0v) is 17.9. The number of benzene rings is 1. The molecule has 0 saturated carbocycles. The van der Waals surface area contributed by atoms with Gasteiger partial charge in [0.1, 0.15) is 34.7 Å². The Morgan fingerprint density at radius 2 is 1.97 bits per heavy atom. The molecule has 8 heteroatoms. The van der Waals surface area contributed by atoms with Crippen LogP contribution in [0, 0.1) is 31.4 Å². The third-order valence-corrected chi connectivity index (χ3v) is 6.88. The summed E-state index contributed by atoms with van der Waals surface area (Å²) in [6.07, 6.45) is 2.08. The van der Waals surface area contributed by atoms with E-state index >= 15 is 0 Å². The minimum Gasteiger partial charge on any atom is -0.457 e. The Morgan fingerprint density at radius 3 is 2.67 bits per heavy atom. The fourth-order valence-electron chi connectivity index (χ4n) is 3.90. The summed E-state index contributed by atoms with van der Waals surface area (Å²) in [6, 6.07) is 3.28. The van der Waals surface area contributed by atoms with Gasteiger partial charge in [0.05, 0.1) is 11.3 Å². The van der Waals surface area contributed by atoms with Crippen LogP contribution in [-0.2, 0) is 9.53 Å². The summed E-state index contributed by atoms with van der Waals surface area (Å²) in [7, 11) is 0. The average molecular weight is 432 g/mol. The molecule has 1 aliphatic rings. The van der Waals surface area contributed by atoms with Crippen molar-refractivity contribution in [3.63, 3.8) is 0 Å². The second kappa shape index (κ2) is 8.26. The number of esters is 1. The van der Waals surface area contributed by atoms with Crippen LogP contribution in [0.3, 0.4) is 0 Å². The van der Waals surface area contributed by atoms with E-state index in [1.165, 1.54) is 16.5 Å². The predicted octanol–water partition coefficient (Wildman–Crippen LogP) is 5.11. The first-order valence-corrected chi connectivity index (χ1v) is 10.8. The maximum Gasteiger partial charge on any atom is 0.309 e. The van der Waals surface area contributed by atoms with Gasteiger partial charge in [-0.25, -0.2) is 18.7 Å². The average Bonchev–Trinajstić information content (AvgIpc) is 3.02. The van der Waals surface area contributed by atoms with E-state index in [1.807, 2.05) is 0 Å². The van der Waals surface area contributed by atoms with Crippen molar-refractivity contribution in [1.82, 2.24) is 9.97 Å². The standard InChI is InChI=1S/C22H23F2N3O2S/c1-12-14(3)30-21-19(12)20(25-11-26-21)27-8-6-15(7-9-27)22(28)29-13(2)17-5-4-16(23)10-18(17)24/h4-5,10-11,13,15H,6-9H2,1-3H3. The van der Waals surface area contributed by atoms with Gasteiger partial charge in [0.25, 0.3) is 0 Å². The first-order chi connectivity index (χ1) is 14.3. The van der Waals surface area contributed by atoms with E-state index in [-0.39, 0.29) is 17.5 Å². The number of nitrogens with zero attached hydrogens (tertiary/aromatic N) is 3. The number of rotatable bonds is 4. The Balaban J connectivity index is 1.42. The number of hydrogen-bond acceptors (Lipinski definition) is 6. The summed E-state index contributed by atoms with van der Waals surface area (Å²) in [6.45, 7) is 7.13. The van der Waals surface area contributed by atoms with Crippen LogP contribution in [0.15, 0.2) is 24.5 Å². The van der Waals surface area contributed by atoms with Crippen LogP contribution in [0.1, 0.15) is 41.9 Å². The number of carbonyl (C=O) groups excluding carboxylic acids is 1. The van der Waals surface area contributed by atoms with Crippen molar-refractivity contribution in [1.29, 1.82) is 0 Å². The highest BCUT2D eigenvalue weighted by molar-refractivity contribution is 7.18. The van der Waals surface area contributed by atoms with Crippen molar-refractivity contribution < 1.29 is 18.3 Å². The molecule has 4 rings (SSSR count). The summed E-state index contributed by atoms with van der Waals surface area (Å²) < 4.78 is 32.5. The van der Waals surface area contributed by atoms with Gasteiger partial charge >= 0.3 is 5.97 Å². The third kappa shape index (κ3) is 3.88. The molecule has 3 aromatic rings. The lowest BCUT2D eigenvalue weighted by molar-refractivity contribution is -0.154. The number of piperidine rings is 1. The molecule has 2 aromatic heterocycles. The van der Waals surface area contributed by atoms with Crippen molar-refractivity contribution in [2.75, 3.05) is 18.0 Å². The number of aryl methyl sites for hydroxylation is 2. The molecule has 3 heterocycles. The molecule has 0 bridgehead atoms.